The number of hydrogen-bond acceptors (Lipinski definition) is 2. The molecule has 3 aromatic rings. The number of rotatable bonds is 4. The van der Waals surface area contributed by atoms with Crippen molar-refractivity contribution < 1.29 is 22.8 Å². The van der Waals surface area contributed by atoms with Crippen molar-refractivity contribution in [3.63, 3.8) is 0 Å². The Morgan fingerprint density at radius 2 is 1.51 bits per heavy atom. The van der Waals surface area contributed by atoms with Gasteiger partial charge in [0.15, 0.2) is 0 Å². The molecular formula is C32H29F3N2O2. The maximum Gasteiger partial charge on any atom is 0.225 e. The van der Waals surface area contributed by atoms with Crippen LogP contribution in [-0.2, 0) is 15.0 Å². The van der Waals surface area contributed by atoms with E-state index in [1.54, 1.807) is 46.2 Å². The van der Waals surface area contributed by atoms with Gasteiger partial charge in [0.1, 0.15) is 17.5 Å². The number of halogens is 3. The number of carbonyl (C=O) groups is 2. The first-order chi connectivity index (χ1) is 18.7. The lowest BCUT2D eigenvalue weighted by Crippen LogP contribution is -2.44. The van der Waals surface area contributed by atoms with E-state index in [-0.39, 0.29) is 41.6 Å². The molecule has 0 bridgehead atoms. The minimum atomic E-state index is -0.922. The largest absolute Gasteiger partial charge is 0.343 e. The zero-order chi connectivity index (χ0) is 27.7. The first-order valence-electron chi connectivity index (χ1n) is 13.1. The van der Waals surface area contributed by atoms with E-state index in [4.69, 9.17) is 6.42 Å². The third-order valence-electron chi connectivity index (χ3n) is 8.22. The Morgan fingerprint density at radius 3 is 2.08 bits per heavy atom. The van der Waals surface area contributed by atoms with E-state index in [1.807, 2.05) is 0 Å². The van der Waals surface area contributed by atoms with Crippen molar-refractivity contribution in [2.24, 2.45) is 5.92 Å². The quantitative estimate of drug-likeness (QED) is 0.417. The molecule has 4 nitrogen and oxygen atoms in total. The lowest BCUT2D eigenvalue weighted by Gasteiger charge is -2.33. The molecule has 0 unspecified atom stereocenters. The lowest BCUT2D eigenvalue weighted by atomic mass is 9.70. The average molecular weight is 531 g/mol. The van der Waals surface area contributed by atoms with Gasteiger partial charge >= 0.3 is 0 Å². The summed E-state index contributed by atoms with van der Waals surface area (Å²) in [5.74, 6) is 0.713. The number of carbonyl (C=O) groups excluding carboxylic acids is 2. The molecule has 0 aliphatic carbocycles. The third kappa shape index (κ3) is 4.92. The molecule has 0 saturated carbocycles. The minimum absolute atomic E-state index is 0.00325. The Balaban J connectivity index is 1.48. The molecule has 0 aromatic heterocycles. The highest BCUT2D eigenvalue weighted by molar-refractivity contribution is 5.81. The van der Waals surface area contributed by atoms with Crippen LogP contribution in [0.1, 0.15) is 36.8 Å². The van der Waals surface area contributed by atoms with Crippen molar-refractivity contribution in [3.8, 4) is 23.5 Å². The van der Waals surface area contributed by atoms with Gasteiger partial charge in [0.05, 0.1) is 11.0 Å². The summed E-state index contributed by atoms with van der Waals surface area (Å²) in [5, 5.41) is 0. The van der Waals surface area contributed by atoms with E-state index in [0.29, 0.717) is 38.0 Å². The topological polar surface area (TPSA) is 40.6 Å². The normalized spacial score (nSPS) is 21.6. The summed E-state index contributed by atoms with van der Waals surface area (Å²) in [7, 11) is 0. The summed E-state index contributed by atoms with van der Waals surface area (Å²) in [6, 6.07) is 16.7. The van der Waals surface area contributed by atoms with E-state index in [9.17, 15) is 22.8 Å². The van der Waals surface area contributed by atoms with Gasteiger partial charge < -0.3 is 9.80 Å². The molecule has 2 atom stereocenters. The van der Waals surface area contributed by atoms with Crippen molar-refractivity contribution in [2.75, 3.05) is 26.2 Å². The highest BCUT2D eigenvalue weighted by atomic mass is 19.1. The molecule has 7 heteroatoms. The summed E-state index contributed by atoms with van der Waals surface area (Å²) >= 11 is 0. The molecule has 2 aliphatic heterocycles. The van der Waals surface area contributed by atoms with Crippen LogP contribution in [0, 0.1) is 35.7 Å². The molecule has 2 heterocycles. The second-order valence-corrected chi connectivity index (χ2v) is 10.4. The number of amides is 2. The fraction of sp³-hybridized carbons (Fsp3) is 0.312. The average Bonchev–Trinajstić information content (AvgIpc) is 3.34. The molecule has 2 amide bonds. The molecular weight excluding hydrogens is 501 g/mol. The molecule has 0 radical (unpaired) electrons. The Morgan fingerprint density at radius 1 is 0.897 bits per heavy atom. The molecule has 0 spiro atoms. The van der Waals surface area contributed by atoms with Crippen LogP contribution >= 0.6 is 0 Å². The van der Waals surface area contributed by atoms with Gasteiger partial charge in [0.25, 0.3) is 0 Å². The van der Waals surface area contributed by atoms with Crippen molar-refractivity contribution in [1.82, 2.24) is 9.80 Å². The van der Waals surface area contributed by atoms with E-state index in [2.05, 4.69) is 5.92 Å². The molecule has 2 fully saturated rings. The third-order valence-corrected chi connectivity index (χ3v) is 8.22. The first-order valence-corrected chi connectivity index (χ1v) is 13.1. The zero-order valence-corrected chi connectivity index (χ0v) is 21.7. The van der Waals surface area contributed by atoms with Crippen LogP contribution in [0.4, 0.5) is 13.2 Å². The second-order valence-electron chi connectivity index (χ2n) is 10.4. The number of nitrogens with zero attached hydrogens (tertiary/aromatic N) is 2. The predicted octanol–water partition coefficient (Wildman–Crippen LogP) is 5.53. The van der Waals surface area contributed by atoms with Gasteiger partial charge in [0, 0.05) is 44.9 Å². The van der Waals surface area contributed by atoms with Crippen LogP contribution in [0.3, 0.4) is 0 Å². The fourth-order valence-electron chi connectivity index (χ4n) is 6.03. The lowest BCUT2D eigenvalue weighted by molar-refractivity contribution is -0.139. The first kappa shape index (κ1) is 26.6. The summed E-state index contributed by atoms with van der Waals surface area (Å²) in [6.45, 7) is 3.21. The minimum Gasteiger partial charge on any atom is -0.343 e. The number of benzene rings is 3. The van der Waals surface area contributed by atoms with Crippen LogP contribution in [-0.4, -0.2) is 47.8 Å². The molecule has 39 heavy (non-hydrogen) atoms. The summed E-state index contributed by atoms with van der Waals surface area (Å²) < 4.78 is 42.6. The number of piperidine rings is 1. The van der Waals surface area contributed by atoms with Crippen LogP contribution < -0.4 is 0 Å². The van der Waals surface area contributed by atoms with Gasteiger partial charge in [-0.3, -0.25) is 9.59 Å². The number of likely N-dealkylation sites (tertiary alicyclic amines) is 2. The molecule has 0 N–H and O–H groups in total. The number of terminal acetylenes is 1. The zero-order valence-electron chi connectivity index (χ0n) is 21.7. The van der Waals surface area contributed by atoms with Crippen molar-refractivity contribution in [3.05, 3.63) is 95.3 Å². The molecule has 200 valence electrons. The number of hydrogen-bond donors (Lipinski definition) is 0. The summed E-state index contributed by atoms with van der Waals surface area (Å²) in [6.07, 6.45) is 7.37. The van der Waals surface area contributed by atoms with Gasteiger partial charge in [-0.1, -0.05) is 48.4 Å². The van der Waals surface area contributed by atoms with Crippen LogP contribution in [0.5, 0.6) is 0 Å². The SMILES string of the molecule is C#C[C@]1(c2ccc(F)cc2)CN(C(=O)C2CCN(C(C)=O)CC2)C[C@H]1c1ccc(-c2c(F)cccc2F)cc1. The van der Waals surface area contributed by atoms with E-state index < -0.39 is 17.0 Å². The van der Waals surface area contributed by atoms with E-state index in [1.165, 1.54) is 37.3 Å². The summed E-state index contributed by atoms with van der Waals surface area (Å²) in [4.78, 5) is 28.9. The van der Waals surface area contributed by atoms with Gasteiger partial charge in [-0.05, 0) is 53.8 Å². The predicted molar refractivity (Wildman–Crippen MR) is 143 cm³/mol. The van der Waals surface area contributed by atoms with Crippen LogP contribution in [0.15, 0.2) is 66.7 Å². The summed E-state index contributed by atoms with van der Waals surface area (Å²) in [5.41, 5.74) is 0.909. The van der Waals surface area contributed by atoms with Crippen molar-refractivity contribution in [1.29, 1.82) is 0 Å². The fourth-order valence-corrected chi connectivity index (χ4v) is 6.03. The van der Waals surface area contributed by atoms with Crippen molar-refractivity contribution in [2.45, 2.75) is 31.1 Å². The Bertz CT molecular complexity index is 1400. The van der Waals surface area contributed by atoms with Gasteiger partial charge in [-0.2, -0.15) is 0 Å². The van der Waals surface area contributed by atoms with Gasteiger partial charge in [-0.25, -0.2) is 13.2 Å². The van der Waals surface area contributed by atoms with Crippen LogP contribution in [0.25, 0.3) is 11.1 Å². The Hall–Kier alpha value is -4.05. The maximum atomic E-state index is 14.4. The molecule has 2 aliphatic rings. The monoisotopic (exact) mass is 530 g/mol. The highest BCUT2D eigenvalue weighted by Gasteiger charge is 2.50. The Labute approximate surface area is 226 Å². The standard InChI is InChI=1S/C32H29F3N2O2/c1-3-32(25-11-13-26(33)14-12-25)20-37(31(39)24-15-17-36(18-16-24)21(2)38)19-27(32)22-7-9-23(10-8-22)30-28(34)5-4-6-29(30)35/h1,4-14,24,27H,15-20H2,2H3/t27-,32+/m0/s1. The second kappa shape index (κ2) is 10.6. The molecule has 3 aromatic carbocycles. The molecule has 2 saturated heterocycles. The van der Waals surface area contributed by atoms with Gasteiger partial charge in [-0.15, -0.1) is 6.42 Å². The van der Waals surface area contributed by atoms with E-state index >= 15 is 0 Å². The molecule has 5 rings (SSSR count). The van der Waals surface area contributed by atoms with Gasteiger partial charge in [0.2, 0.25) is 11.8 Å². The maximum absolute atomic E-state index is 14.4. The van der Waals surface area contributed by atoms with E-state index in [0.717, 1.165) is 11.1 Å². The van der Waals surface area contributed by atoms with Crippen molar-refractivity contribution >= 4 is 11.8 Å². The van der Waals surface area contributed by atoms with Crippen LogP contribution in [0.2, 0.25) is 0 Å². The smallest absolute Gasteiger partial charge is 0.225 e. The highest BCUT2D eigenvalue weighted by Crippen LogP contribution is 2.46. The Kier molecular flexibility index (Phi) is 7.22.